The van der Waals surface area contributed by atoms with E-state index in [1.54, 1.807) is 6.20 Å². The number of hydrogen-bond donors (Lipinski definition) is 2. The first-order valence-electron chi connectivity index (χ1n) is 6.15. The van der Waals surface area contributed by atoms with Gasteiger partial charge in [-0.2, -0.15) is 5.10 Å². The first-order chi connectivity index (χ1) is 10.2. The molecule has 21 heavy (non-hydrogen) atoms. The largest absolute Gasteiger partial charge is 0.454 e. The highest BCUT2D eigenvalue weighted by Gasteiger charge is 2.13. The second-order valence-electron chi connectivity index (χ2n) is 4.53. The van der Waals surface area contributed by atoms with Crippen molar-refractivity contribution >= 4 is 44.1 Å². The van der Waals surface area contributed by atoms with Gasteiger partial charge in [0.05, 0.1) is 11.8 Å². The summed E-state index contributed by atoms with van der Waals surface area (Å²) in [5.74, 6) is 1.26. The maximum absolute atomic E-state index is 5.84. The number of thiazole rings is 1. The van der Waals surface area contributed by atoms with Gasteiger partial charge in [0.25, 0.3) is 0 Å². The van der Waals surface area contributed by atoms with Crippen molar-refractivity contribution in [1.29, 1.82) is 0 Å². The van der Waals surface area contributed by atoms with Crippen LogP contribution in [0, 0.1) is 0 Å². The molecule has 5 nitrogen and oxygen atoms in total. The Morgan fingerprint density at radius 2 is 2.19 bits per heavy atom. The fourth-order valence-corrected chi connectivity index (χ4v) is 3.33. The van der Waals surface area contributed by atoms with Crippen LogP contribution in [0.4, 0.5) is 5.82 Å². The molecule has 0 fully saturated rings. The molecule has 0 aliphatic carbocycles. The smallest absolute Gasteiger partial charge is 0.154 e. The lowest BCUT2D eigenvalue weighted by molar-refractivity contribution is 0.629. The van der Waals surface area contributed by atoms with E-state index < -0.39 is 0 Å². The van der Waals surface area contributed by atoms with Crippen molar-refractivity contribution < 1.29 is 4.42 Å². The third kappa shape index (κ3) is 2.14. The Hall–Kier alpha value is -2.12. The van der Waals surface area contributed by atoms with E-state index in [1.165, 1.54) is 11.3 Å². The van der Waals surface area contributed by atoms with Crippen LogP contribution in [0.1, 0.15) is 0 Å². The second-order valence-corrected chi connectivity index (χ2v) is 6.30. The molecular weight excluding hydrogens is 352 g/mol. The molecule has 4 aromatic rings. The minimum Gasteiger partial charge on any atom is -0.454 e. The number of nitrogen functional groups attached to an aromatic ring is 1. The number of fused-ring (bicyclic) bond motifs is 1. The molecule has 3 N–H and O–H groups in total. The molecule has 7 heteroatoms. The highest BCUT2D eigenvalue weighted by molar-refractivity contribution is 9.10. The summed E-state index contributed by atoms with van der Waals surface area (Å²) in [7, 11) is 0. The van der Waals surface area contributed by atoms with Gasteiger partial charge in [-0.25, -0.2) is 4.98 Å². The van der Waals surface area contributed by atoms with Crippen molar-refractivity contribution in [3.63, 3.8) is 0 Å². The number of hydrogen-bond acceptors (Lipinski definition) is 5. The number of nitrogens with two attached hydrogens (primary N) is 1. The molecule has 0 unspecified atom stereocenters. The van der Waals surface area contributed by atoms with E-state index in [-0.39, 0.29) is 0 Å². The Bertz CT molecular complexity index is 939. The third-order valence-electron chi connectivity index (χ3n) is 3.13. The maximum atomic E-state index is 5.84. The zero-order valence-electron chi connectivity index (χ0n) is 10.6. The normalized spacial score (nSPS) is 11.3. The Labute approximate surface area is 131 Å². The van der Waals surface area contributed by atoms with Crippen LogP contribution in [0.5, 0.6) is 0 Å². The van der Waals surface area contributed by atoms with Crippen molar-refractivity contribution in [3.8, 4) is 22.0 Å². The van der Waals surface area contributed by atoms with Gasteiger partial charge in [0.15, 0.2) is 5.76 Å². The number of H-pyrrole nitrogens is 1. The summed E-state index contributed by atoms with van der Waals surface area (Å²) in [5, 5.41) is 10.4. The minimum absolute atomic E-state index is 0.518. The van der Waals surface area contributed by atoms with Crippen LogP contribution < -0.4 is 5.73 Å². The number of nitrogens with one attached hydrogen (secondary N) is 1. The number of nitrogens with zero attached hydrogens (tertiary/aromatic N) is 2. The first-order valence-corrected chi connectivity index (χ1v) is 7.82. The number of halogens is 1. The van der Waals surface area contributed by atoms with Crippen LogP contribution in [-0.2, 0) is 0 Å². The summed E-state index contributed by atoms with van der Waals surface area (Å²) in [5.41, 5.74) is 8.26. The number of rotatable bonds is 2. The molecule has 1 aromatic carbocycles. The molecular formula is C14H9BrN4OS. The summed E-state index contributed by atoms with van der Waals surface area (Å²) in [6.07, 6.45) is 1.67. The van der Waals surface area contributed by atoms with Crippen molar-refractivity contribution in [3.05, 3.63) is 40.3 Å². The zero-order valence-corrected chi connectivity index (χ0v) is 13.0. The highest BCUT2D eigenvalue weighted by atomic mass is 79.9. The lowest BCUT2D eigenvalue weighted by atomic mass is 10.2. The van der Waals surface area contributed by atoms with Gasteiger partial charge in [-0.3, -0.25) is 5.10 Å². The van der Waals surface area contributed by atoms with Crippen LogP contribution in [0.2, 0.25) is 0 Å². The minimum atomic E-state index is 0.518. The van der Waals surface area contributed by atoms with Gasteiger partial charge in [0.1, 0.15) is 22.1 Å². The number of aromatic nitrogens is 3. The topological polar surface area (TPSA) is 80.7 Å². The maximum Gasteiger partial charge on any atom is 0.154 e. The molecule has 0 saturated heterocycles. The van der Waals surface area contributed by atoms with E-state index in [1.807, 2.05) is 29.6 Å². The van der Waals surface area contributed by atoms with Crippen LogP contribution in [0.3, 0.4) is 0 Å². The van der Waals surface area contributed by atoms with Crippen LogP contribution in [0.25, 0.3) is 33.0 Å². The summed E-state index contributed by atoms with van der Waals surface area (Å²) < 4.78 is 6.86. The lowest BCUT2D eigenvalue weighted by Crippen LogP contribution is -1.87. The Morgan fingerprint density at radius 1 is 1.29 bits per heavy atom. The van der Waals surface area contributed by atoms with E-state index in [0.717, 1.165) is 37.5 Å². The van der Waals surface area contributed by atoms with Gasteiger partial charge in [0, 0.05) is 15.2 Å². The number of anilines is 1. The molecule has 3 aromatic heterocycles. The summed E-state index contributed by atoms with van der Waals surface area (Å²) >= 11 is 4.97. The Kier molecular flexibility index (Phi) is 2.83. The first kappa shape index (κ1) is 12.6. The number of aromatic amines is 1. The molecule has 0 saturated carbocycles. The molecule has 0 atom stereocenters. The standard InChI is InChI=1S/C14H9BrN4OS/c15-8-1-2-11-7(3-8)4-12(20-11)10-6-21-14(18-10)9-5-17-19-13(9)16/h1-6H,(H3,16,17,19). The van der Waals surface area contributed by atoms with Crippen molar-refractivity contribution in [2.24, 2.45) is 0 Å². The van der Waals surface area contributed by atoms with E-state index in [2.05, 4.69) is 31.1 Å². The number of furan rings is 1. The summed E-state index contributed by atoms with van der Waals surface area (Å²) in [4.78, 5) is 4.57. The van der Waals surface area contributed by atoms with Crippen molar-refractivity contribution in [2.75, 3.05) is 5.73 Å². The predicted octanol–water partition coefficient (Wildman–Crippen LogP) is 4.29. The van der Waals surface area contributed by atoms with Gasteiger partial charge < -0.3 is 10.2 Å². The van der Waals surface area contributed by atoms with E-state index >= 15 is 0 Å². The summed E-state index contributed by atoms with van der Waals surface area (Å²) in [6, 6.07) is 7.89. The van der Waals surface area contributed by atoms with Gasteiger partial charge in [-0.05, 0) is 24.3 Å². The van der Waals surface area contributed by atoms with Crippen LogP contribution in [-0.4, -0.2) is 15.2 Å². The fourth-order valence-electron chi connectivity index (χ4n) is 2.12. The number of benzene rings is 1. The molecule has 0 bridgehead atoms. The molecule has 104 valence electrons. The van der Waals surface area contributed by atoms with Gasteiger partial charge >= 0.3 is 0 Å². The molecule has 0 amide bonds. The average molecular weight is 361 g/mol. The SMILES string of the molecule is Nc1[nH]ncc1-c1nc(-c2cc3cc(Br)ccc3o2)cs1. The van der Waals surface area contributed by atoms with Crippen LogP contribution >= 0.6 is 27.3 Å². The molecule has 3 heterocycles. The van der Waals surface area contributed by atoms with Gasteiger partial charge in [-0.1, -0.05) is 15.9 Å². The van der Waals surface area contributed by atoms with Crippen molar-refractivity contribution in [1.82, 2.24) is 15.2 Å². The quantitative estimate of drug-likeness (QED) is 0.558. The van der Waals surface area contributed by atoms with E-state index in [9.17, 15) is 0 Å². The monoisotopic (exact) mass is 360 g/mol. The zero-order chi connectivity index (χ0) is 14.4. The lowest BCUT2D eigenvalue weighted by Gasteiger charge is -1.91. The molecule has 4 rings (SSSR count). The highest BCUT2D eigenvalue weighted by Crippen LogP contribution is 2.34. The fraction of sp³-hybridized carbons (Fsp3) is 0. The Balaban J connectivity index is 1.79. The van der Waals surface area contributed by atoms with E-state index in [4.69, 9.17) is 10.2 Å². The van der Waals surface area contributed by atoms with Crippen LogP contribution in [0.15, 0.2) is 44.7 Å². The second kappa shape index (κ2) is 4.71. The molecule has 0 radical (unpaired) electrons. The molecule has 0 spiro atoms. The molecule has 0 aliphatic rings. The van der Waals surface area contributed by atoms with Crippen molar-refractivity contribution in [2.45, 2.75) is 0 Å². The average Bonchev–Trinajstić information content (AvgIpc) is 3.15. The Morgan fingerprint density at radius 3 is 3.00 bits per heavy atom. The van der Waals surface area contributed by atoms with Gasteiger partial charge in [-0.15, -0.1) is 11.3 Å². The van der Waals surface area contributed by atoms with Gasteiger partial charge in [0.2, 0.25) is 0 Å². The third-order valence-corrected chi connectivity index (χ3v) is 4.50. The summed E-state index contributed by atoms with van der Waals surface area (Å²) in [6.45, 7) is 0. The molecule has 0 aliphatic heterocycles. The predicted molar refractivity (Wildman–Crippen MR) is 87.0 cm³/mol. The van der Waals surface area contributed by atoms with E-state index in [0.29, 0.717) is 5.82 Å².